The molecule has 2 aliphatic heterocycles. The van der Waals surface area contributed by atoms with Gasteiger partial charge in [-0.3, -0.25) is 4.79 Å². The number of alkyl halides is 1. The Labute approximate surface area is 112 Å². The van der Waals surface area contributed by atoms with Crippen molar-refractivity contribution in [3.63, 3.8) is 0 Å². The van der Waals surface area contributed by atoms with E-state index < -0.39 is 18.3 Å². The average Bonchev–Trinajstić information content (AvgIpc) is 2.80. The molecule has 2 rings (SSSR count). The number of nitrogens with one attached hydrogen (secondary N) is 1. The summed E-state index contributed by atoms with van der Waals surface area (Å²) in [4.78, 5) is 13.5. The molecule has 2 fully saturated rings. The third-order valence-corrected chi connectivity index (χ3v) is 3.95. The second-order valence-corrected chi connectivity index (χ2v) is 5.46. The van der Waals surface area contributed by atoms with Crippen LogP contribution in [0.1, 0.15) is 32.1 Å². The fraction of sp³-hybridized carbons (Fsp3) is 0.846. The molecule has 3 N–H and O–H groups in total. The summed E-state index contributed by atoms with van der Waals surface area (Å²) in [7, 11) is 0. The van der Waals surface area contributed by atoms with Crippen LogP contribution >= 0.6 is 0 Å². The Hall–Kier alpha value is -1.19. The highest BCUT2D eigenvalue weighted by Crippen LogP contribution is 2.21. The molecule has 0 aromatic heterocycles. The normalized spacial score (nSPS) is 32.9. The molecule has 4 atom stereocenters. The molecule has 2 aliphatic rings. The smallest absolute Gasteiger partial charge is 0.240 e. The van der Waals surface area contributed by atoms with Crippen LogP contribution in [0.4, 0.5) is 4.39 Å². The molecule has 0 aromatic rings. The van der Waals surface area contributed by atoms with Gasteiger partial charge in [-0.1, -0.05) is 6.42 Å². The molecular weight excluding hydrogens is 247 g/mol. The first kappa shape index (κ1) is 14.2. The molecule has 106 valence electrons. The number of nitrogens with zero attached hydrogens (tertiary/aromatic N) is 2. The number of piperidine rings is 1. The molecule has 5 nitrogen and oxygen atoms in total. The molecule has 0 bridgehead atoms. The number of likely N-dealkylation sites (tertiary alicyclic amines) is 1. The van der Waals surface area contributed by atoms with E-state index in [0.717, 1.165) is 25.8 Å². The maximum atomic E-state index is 13.3. The van der Waals surface area contributed by atoms with Crippen LogP contribution < -0.4 is 11.1 Å². The number of nitrogens with two attached hydrogens (primary N) is 1. The molecule has 0 aliphatic carbocycles. The quantitative estimate of drug-likeness (QED) is 0.771. The van der Waals surface area contributed by atoms with Crippen molar-refractivity contribution >= 4 is 5.91 Å². The van der Waals surface area contributed by atoms with Crippen LogP contribution in [-0.2, 0) is 4.79 Å². The molecular formula is C13H21FN4O. The van der Waals surface area contributed by atoms with Gasteiger partial charge >= 0.3 is 0 Å². The first-order valence-corrected chi connectivity index (χ1v) is 6.95. The fourth-order valence-corrected chi connectivity index (χ4v) is 2.90. The van der Waals surface area contributed by atoms with E-state index in [1.165, 1.54) is 4.90 Å². The van der Waals surface area contributed by atoms with Gasteiger partial charge in [-0.15, -0.1) is 0 Å². The molecule has 0 saturated carbocycles. The number of amides is 1. The number of nitriles is 1. The zero-order chi connectivity index (χ0) is 13.8. The van der Waals surface area contributed by atoms with E-state index in [2.05, 4.69) is 5.32 Å². The van der Waals surface area contributed by atoms with Crippen molar-refractivity contribution in [3.8, 4) is 6.07 Å². The molecule has 0 radical (unpaired) electrons. The van der Waals surface area contributed by atoms with Gasteiger partial charge < -0.3 is 16.0 Å². The molecule has 2 saturated heterocycles. The second-order valence-electron chi connectivity index (χ2n) is 5.46. The summed E-state index contributed by atoms with van der Waals surface area (Å²) < 4.78 is 13.3. The first-order chi connectivity index (χ1) is 9.11. The average molecular weight is 268 g/mol. The van der Waals surface area contributed by atoms with Crippen molar-refractivity contribution in [3.05, 3.63) is 0 Å². The number of rotatable bonds is 3. The number of hydrogen-bond donors (Lipinski definition) is 2. The standard InChI is InChI=1S/C13H21FN4O/c14-9-5-11(7-15)18(8-9)13(19)12(16)6-10-3-1-2-4-17-10/h9-12,17H,1-6,8,16H2/t9?,10-,11?,12-/m0/s1. The number of carbonyl (C=O) groups excluding carboxylic acids is 1. The number of halogens is 1. The van der Waals surface area contributed by atoms with E-state index in [-0.39, 0.29) is 24.9 Å². The summed E-state index contributed by atoms with van der Waals surface area (Å²) in [5.74, 6) is -0.293. The van der Waals surface area contributed by atoms with Gasteiger partial charge in [-0.05, 0) is 25.8 Å². The molecule has 19 heavy (non-hydrogen) atoms. The molecule has 0 spiro atoms. The molecule has 6 heteroatoms. The van der Waals surface area contributed by atoms with Crippen LogP contribution in [0.5, 0.6) is 0 Å². The number of carbonyl (C=O) groups is 1. The van der Waals surface area contributed by atoms with Gasteiger partial charge in [-0.25, -0.2) is 4.39 Å². The highest BCUT2D eigenvalue weighted by molar-refractivity contribution is 5.82. The SMILES string of the molecule is N#CC1CC(F)CN1C(=O)[C@@H](N)C[C@@H]1CCCCN1. The zero-order valence-corrected chi connectivity index (χ0v) is 11.0. The van der Waals surface area contributed by atoms with E-state index >= 15 is 0 Å². The summed E-state index contributed by atoms with van der Waals surface area (Å²) in [6.07, 6.45) is 2.89. The van der Waals surface area contributed by atoms with Gasteiger partial charge in [-0.2, -0.15) is 5.26 Å². The van der Waals surface area contributed by atoms with Crippen LogP contribution in [0.2, 0.25) is 0 Å². The van der Waals surface area contributed by atoms with Crippen LogP contribution in [0.15, 0.2) is 0 Å². The minimum atomic E-state index is -1.10. The highest BCUT2D eigenvalue weighted by atomic mass is 19.1. The Balaban J connectivity index is 1.89. The maximum Gasteiger partial charge on any atom is 0.240 e. The predicted octanol–water partition coefficient (Wildman–Crippen LogP) is 0.308. The van der Waals surface area contributed by atoms with Crippen LogP contribution in [0, 0.1) is 11.3 Å². The van der Waals surface area contributed by atoms with E-state index in [1.54, 1.807) is 0 Å². The Morgan fingerprint density at radius 3 is 3.00 bits per heavy atom. The summed E-state index contributed by atoms with van der Waals surface area (Å²) in [6, 6.07) is 0.938. The van der Waals surface area contributed by atoms with E-state index in [1.807, 2.05) is 6.07 Å². The first-order valence-electron chi connectivity index (χ1n) is 6.95. The van der Waals surface area contributed by atoms with Gasteiger partial charge in [0.15, 0.2) is 0 Å². The maximum absolute atomic E-state index is 13.3. The topological polar surface area (TPSA) is 82.2 Å². The minimum absolute atomic E-state index is 0.00283. The molecule has 2 unspecified atom stereocenters. The highest BCUT2D eigenvalue weighted by Gasteiger charge is 2.37. The third-order valence-electron chi connectivity index (χ3n) is 3.95. The van der Waals surface area contributed by atoms with Crippen molar-refractivity contribution in [2.24, 2.45) is 5.73 Å². The third kappa shape index (κ3) is 3.43. The number of hydrogen-bond acceptors (Lipinski definition) is 4. The Morgan fingerprint density at radius 2 is 2.37 bits per heavy atom. The summed E-state index contributed by atoms with van der Waals surface area (Å²) in [5, 5.41) is 12.3. The van der Waals surface area contributed by atoms with Gasteiger partial charge in [0.1, 0.15) is 12.2 Å². The largest absolute Gasteiger partial charge is 0.322 e. The molecule has 1 amide bonds. The molecule has 2 heterocycles. The second kappa shape index (κ2) is 6.31. The lowest BCUT2D eigenvalue weighted by Crippen LogP contribution is -2.49. The summed E-state index contributed by atoms with van der Waals surface area (Å²) in [6.45, 7) is 0.964. The Bertz CT molecular complexity index is 364. The van der Waals surface area contributed by atoms with Gasteiger partial charge in [0.05, 0.1) is 18.7 Å². The van der Waals surface area contributed by atoms with Crippen LogP contribution in [0.3, 0.4) is 0 Å². The lowest BCUT2D eigenvalue weighted by molar-refractivity contribution is -0.133. The summed E-state index contributed by atoms with van der Waals surface area (Å²) >= 11 is 0. The van der Waals surface area contributed by atoms with Crippen molar-refractivity contribution in [1.29, 1.82) is 5.26 Å². The van der Waals surface area contributed by atoms with Gasteiger partial charge in [0, 0.05) is 12.5 Å². The predicted molar refractivity (Wildman–Crippen MR) is 68.9 cm³/mol. The van der Waals surface area contributed by atoms with E-state index in [0.29, 0.717) is 6.42 Å². The van der Waals surface area contributed by atoms with E-state index in [4.69, 9.17) is 11.0 Å². The van der Waals surface area contributed by atoms with E-state index in [9.17, 15) is 9.18 Å². The Kier molecular flexibility index (Phi) is 4.72. The Morgan fingerprint density at radius 1 is 1.58 bits per heavy atom. The van der Waals surface area contributed by atoms with Gasteiger partial charge in [0.25, 0.3) is 0 Å². The van der Waals surface area contributed by atoms with Crippen molar-refractivity contribution in [2.45, 2.75) is 56.4 Å². The van der Waals surface area contributed by atoms with Gasteiger partial charge in [0.2, 0.25) is 5.91 Å². The zero-order valence-electron chi connectivity index (χ0n) is 11.0. The summed E-state index contributed by atoms with van der Waals surface area (Å²) in [5.41, 5.74) is 5.93. The van der Waals surface area contributed by atoms with Crippen molar-refractivity contribution < 1.29 is 9.18 Å². The lowest BCUT2D eigenvalue weighted by Gasteiger charge is -2.28. The van der Waals surface area contributed by atoms with Crippen molar-refractivity contribution in [1.82, 2.24) is 10.2 Å². The molecule has 0 aromatic carbocycles. The van der Waals surface area contributed by atoms with Crippen LogP contribution in [-0.4, -0.2) is 48.2 Å². The monoisotopic (exact) mass is 268 g/mol. The fourth-order valence-electron chi connectivity index (χ4n) is 2.90. The van der Waals surface area contributed by atoms with Crippen molar-refractivity contribution in [2.75, 3.05) is 13.1 Å². The lowest BCUT2D eigenvalue weighted by atomic mass is 9.98. The minimum Gasteiger partial charge on any atom is -0.322 e. The van der Waals surface area contributed by atoms with Crippen LogP contribution in [0.25, 0.3) is 0 Å².